The molecule has 1 unspecified atom stereocenters. The van der Waals surface area contributed by atoms with Gasteiger partial charge in [0.25, 0.3) is 0 Å². The Morgan fingerprint density at radius 1 is 1.31 bits per heavy atom. The van der Waals surface area contributed by atoms with Crippen LogP contribution in [0.3, 0.4) is 0 Å². The summed E-state index contributed by atoms with van der Waals surface area (Å²) in [5.74, 6) is 0. The van der Waals surface area contributed by atoms with Crippen molar-refractivity contribution in [3.63, 3.8) is 0 Å². The van der Waals surface area contributed by atoms with Gasteiger partial charge in [-0.2, -0.15) is 0 Å². The fraction of sp³-hybridized carbons (Fsp3) is 1.00. The van der Waals surface area contributed by atoms with Gasteiger partial charge in [-0.15, -0.1) is 0 Å². The predicted octanol–water partition coefficient (Wildman–Crippen LogP) is 3.30. The Morgan fingerprint density at radius 2 is 1.77 bits per heavy atom. The molecule has 1 nitrogen and oxygen atoms in total. The Bertz CT molecular complexity index is 151. The molecule has 0 saturated heterocycles. The molecule has 0 amide bonds. The van der Waals surface area contributed by atoms with E-state index in [1.54, 1.807) is 0 Å². The maximum absolute atomic E-state index is 6.18. The quantitative estimate of drug-likeness (QED) is 0.624. The van der Waals surface area contributed by atoms with Gasteiger partial charge < -0.3 is 0 Å². The van der Waals surface area contributed by atoms with Gasteiger partial charge in [0.2, 0.25) is 0 Å². The molecule has 0 fully saturated rings. The van der Waals surface area contributed by atoms with Gasteiger partial charge in [-0.1, -0.05) is 0 Å². The van der Waals surface area contributed by atoms with E-state index >= 15 is 0 Å². The van der Waals surface area contributed by atoms with Crippen molar-refractivity contribution in [2.24, 2.45) is 0 Å². The normalized spacial score (nSPS) is 16.0. The molecule has 0 saturated carbocycles. The summed E-state index contributed by atoms with van der Waals surface area (Å²) in [6, 6.07) is 0. The van der Waals surface area contributed by atoms with Gasteiger partial charge in [0.05, 0.1) is 0 Å². The van der Waals surface area contributed by atoms with Crippen molar-refractivity contribution in [2.75, 3.05) is 0 Å². The van der Waals surface area contributed by atoms with Crippen LogP contribution >= 0.6 is 0 Å². The third-order valence-corrected chi connectivity index (χ3v) is 7.60. The molecule has 0 bridgehead atoms. The van der Waals surface area contributed by atoms with Gasteiger partial charge in [0.1, 0.15) is 0 Å². The summed E-state index contributed by atoms with van der Waals surface area (Å²) in [7, 11) is -1.51. The average molecular weight is 194 g/mol. The SMILES string of the molecule is [Li][CH](CCC)O[Si](C)(C)C(C)(C)C. The van der Waals surface area contributed by atoms with Gasteiger partial charge in [0, 0.05) is 0 Å². The predicted molar refractivity (Wildman–Crippen MR) is 62.7 cm³/mol. The number of hydrogen-bond donors (Lipinski definition) is 0. The zero-order valence-corrected chi connectivity index (χ0v) is 11.4. The summed E-state index contributed by atoms with van der Waals surface area (Å²) in [5, 5.41) is 0.342. The van der Waals surface area contributed by atoms with Gasteiger partial charge in [0.15, 0.2) is 0 Å². The zero-order chi connectivity index (χ0) is 10.7. The summed E-state index contributed by atoms with van der Waals surface area (Å²) in [5.41, 5.74) is 0. The van der Waals surface area contributed by atoms with Crippen LogP contribution in [0.25, 0.3) is 0 Å². The molecule has 0 spiro atoms. The third kappa shape index (κ3) is 4.69. The van der Waals surface area contributed by atoms with Crippen LogP contribution in [-0.2, 0) is 4.43 Å². The van der Waals surface area contributed by atoms with E-state index in [9.17, 15) is 0 Å². The monoisotopic (exact) mass is 194 g/mol. The van der Waals surface area contributed by atoms with E-state index in [2.05, 4.69) is 58.5 Å². The van der Waals surface area contributed by atoms with Crippen molar-refractivity contribution in [1.82, 2.24) is 0 Å². The first-order chi connectivity index (χ1) is 5.70. The Balaban J connectivity index is 4.17. The Hall–Kier alpha value is 0.774. The van der Waals surface area contributed by atoms with Crippen molar-refractivity contribution in [2.45, 2.75) is 63.4 Å². The molecule has 13 heavy (non-hydrogen) atoms. The van der Waals surface area contributed by atoms with Crippen molar-refractivity contribution in [3.8, 4) is 0 Å². The van der Waals surface area contributed by atoms with Crippen LogP contribution < -0.4 is 0 Å². The summed E-state index contributed by atoms with van der Waals surface area (Å²) >= 11 is 2.20. The molecule has 74 valence electrons. The van der Waals surface area contributed by atoms with Gasteiger partial charge >= 0.3 is 93.9 Å². The molecule has 0 N–H and O–H groups in total. The van der Waals surface area contributed by atoms with Gasteiger partial charge in [-0.25, -0.2) is 0 Å². The maximum atomic E-state index is 6.18. The summed E-state index contributed by atoms with van der Waals surface area (Å²) in [6.45, 7) is 13.7. The van der Waals surface area contributed by atoms with Crippen LogP contribution in [0.4, 0.5) is 0 Å². The average Bonchev–Trinajstić information content (AvgIpc) is 1.83. The Kier molecular flexibility index (Phi) is 5.32. The standard InChI is InChI=1S/C10H23OSi.Li/c1-7-8-9-11-12(5,6)10(2,3)4;/h9H,7-8H2,1-6H3;. The molecule has 0 aromatic rings. The second-order valence-corrected chi connectivity index (χ2v) is 10.2. The molecule has 0 aromatic carbocycles. The summed E-state index contributed by atoms with van der Waals surface area (Å²) in [6.07, 6.45) is 2.41. The zero-order valence-electron chi connectivity index (χ0n) is 10.4. The van der Waals surface area contributed by atoms with E-state index in [1.165, 1.54) is 12.8 Å². The molecule has 0 heterocycles. The van der Waals surface area contributed by atoms with Crippen molar-refractivity contribution in [3.05, 3.63) is 0 Å². The molecule has 0 aliphatic carbocycles. The van der Waals surface area contributed by atoms with E-state index in [1.807, 2.05) is 0 Å². The molecular formula is C10H23LiOSi. The van der Waals surface area contributed by atoms with E-state index < -0.39 is 8.32 Å². The van der Waals surface area contributed by atoms with Gasteiger partial charge in [-0.05, 0) is 0 Å². The minimum atomic E-state index is -1.51. The first kappa shape index (κ1) is 13.8. The van der Waals surface area contributed by atoms with Crippen LogP contribution in [0.15, 0.2) is 0 Å². The number of rotatable bonds is 4. The van der Waals surface area contributed by atoms with E-state index in [-0.39, 0.29) is 0 Å². The Labute approximate surface area is 94.0 Å². The molecular weight excluding hydrogens is 171 g/mol. The van der Waals surface area contributed by atoms with Gasteiger partial charge in [-0.3, -0.25) is 0 Å². The summed E-state index contributed by atoms with van der Waals surface area (Å²) in [4.78, 5) is 0. The van der Waals surface area contributed by atoms with Crippen LogP contribution in [0.5, 0.6) is 0 Å². The Morgan fingerprint density at radius 3 is 2.08 bits per heavy atom. The molecule has 3 heteroatoms. The molecule has 0 rings (SSSR count). The van der Waals surface area contributed by atoms with Crippen molar-refractivity contribution >= 4 is 26.0 Å². The van der Waals surface area contributed by atoms with E-state index in [0.29, 0.717) is 9.82 Å². The molecule has 1 atom stereocenters. The topological polar surface area (TPSA) is 9.23 Å². The number of hydrogen-bond acceptors (Lipinski definition) is 1. The minimum absolute atomic E-state index is 0.342. The van der Waals surface area contributed by atoms with E-state index in [0.717, 1.165) is 0 Å². The summed E-state index contributed by atoms with van der Waals surface area (Å²) < 4.78 is 6.62. The fourth-order valence-corrected chi connectivity index (χ4v) is 2.62. The van der Waals surface area contributed by atoms with E-state index in [4.69, 9.17) is 4.43 Å². The first-order valence-corrected chi connectivity index (χ1v) is 8.29. The van der Waals surface area contributed by atoms with Crippen molar-refractivity contribution < 1.29 is 4.43 Å². The second-order valence-electron chi connectivity index (χ2n) is 5.48. The molecule has 0 aromatic heterocycles. The second kappa shape index (κ2) is 5.02. The van der Waals surface area contributed by atoms with Crippen LogP contribution in [0.2, 0.25) is 18.1 Å². The fourth-order valence-electron chi connectivity index (χ4n) is 1.15. The van der Waals surface area contributed by atoms with Crippen LogP contribution in [0.1, 0.15) is 40.5 Å². The third-order valence-electron chi connectivity index (χ3n) is 3.00. The molecule has 0 aliphatic heterocycles. The van der Waals surface area contributed by atoms with Crippen LogP contribution in [0, 0.1) is 0 Å². The van der Waals surface area contributed by atoms with Crippen LogP contribution in [-0.4, -0.2) is 30.8 Å². The van der Waals surface area contributed by atoms with Crippen molar-refractivity contribution in [1.29, 1.82) is 0 Å². The molecule has 0 aliphatic rings. The first-order valence-electron chi connectivity index (χ1n) is 5.38. The molecule has 0 radical (unpaired) electrons.